The van der Waals surface area contributed by atoms with Gasteiger partial charge in [-0.05, 0) is 29.8 Å². The maximum Gasteiger partial charge on any atom is 0.317 e. The molecule has 152 valence electrons. The number of nitrogens with zero attached hydrogens (tertiary/aromatic N) is 3. The molecule has 4 aromatic rings. The predicted molar refractivity (Wildman–Crippen MR) is 114 cm³/mol. The number of aliphatic imine (C=N–C) groups is 1. The highest BCUT2D eigenvalue weighted by atomic mass is 19.1. The number of rotatable bonds is 4. The molecule has 7 heteroatoms. The Kier molecular flexibility index (Phi) is 4.84. The first-order chi connectivity index (χ1) is 15.2. The zero-order chi connectivity index (χ0) is 21.2. The summed E-state index contributed by atoms with van der Waals surface area (Å²) in [7, 11) is 0. The number of nitrogens with one attached hydrogen (secondary N) is 1. The van der Waals surface area contributed by atoms with Crippen molar-refractivity contribution in [3.8, 4) is 11.5 Å². The summed E-state index contributed by atoms with van der Waals surface area (Å²) in [6, 6.07) is 23.3. The third-order valence-electron chi connectivity index (χ3n) is 5.02. The van der Waals surface area contributed by atoms with Crippen molar-refractivity contribution in [1.29, 1.82) is 0 Å². The number of carbonyl (C=O) groups is 1. The average molecular weight is 412 g/mol. The molecule has 0 bridgehead atoms. The average Bonchev–Trinajstić information content (AvgIpc) is 3.21. The molecule has 6 nitrogen and oxygen atoms in total. The normalized spacial score (nSPS) is 15.7. The predicted octanol–water partition coefficient (Wildman–Crippen LogP) is 4.28. The number of aromatic nitrogens is 2. The number of halogens is 1. The van der Waals surface area contributed by atoms with Crippen LogP contribution in [0.25, 0.3) is 11.5 Å². The van der Waals surface area contributed by atoms with Crippen molar-refractivity contribution in [2.75, 3.05) is 5.32 Å². The van der Waals surface area contributed by atoms with Crippen LogP contribution in [-0.2, 0) is 11.2 Å². The van der Waals surface area contributed by atoms with Crippen molar-refractivity contribution in [2.45, 2.75) is 12.6 Å². The fourth-order valence-electron chi connectivity index (χ4n) is 3.51. The second kappa shape index (κ2) is 7.95. The van der Waals surface area contributed by atoms with Crippen LogP contribution in [0.15, 0.2) is 88.3 Å². The van der Waals surface area contributed by atoms with Gasteiger partial charge < -0.3 is 9.73 Å². The molecular weight excluding hydrogens is 395 g/mol. The van der Waals surface area contributed by atoms with Gasteiger partial charge in [-0.2, -0.15) is 0 Å². The summed E-state index contributed by atoms with van der Waals surface area (Å²) in [5.41, 5.74) is 4.04. The number of benzene rings is 3. The van der Waals surface area contributed by atoms with Crippen LogP contribution in [0.3, 0.4) is 0 Å². The summed E-state index contributed by atoms with van der Waals surface area (Å²) in [6.07, 6.45) is -0.656. The summed E-state index contributed by atoms with van der Waals surface area (Å²) >= 11 is 0. The van der Waals surface area contributed by atoms with Crippen LogP contribution in [0.5, 0.6) is 0 Å². The second-order valence-electron chi connectivity index (χ2n) is 7.11. The molecule has 0 radical (unpaired) electrons. The summed E-state index contributed by atoms with van der Waals surface area (Å²) in [5.74, 6) is -0.243. The molecular formula is C24H17FN4O2. The number of Topliss-reactive ketones (excluding diaryl/α,β-unsaturated/α-hetero) is 1. The molecule has 1 atom stereocenters. The smallest absolute Gasteiger partial charge is 0.317 e. The van der Waals surface area contributed by atoms with Crippen LogP contribution in [0, 0.1) is 5.82 Å². The largest absolute Gasteiger partial charge is 0.403 e. The topological polar surface area (TPSA) is 80.4 Å². The van der Waals surface area contributed by atoms with E-state index in [1.54, 1.807) is 12.1 Å². The molecule has 0 fully saturated rings. The Labute approximate surface area is 177 Å². The highest BCUT2D eigenvalue weighted by molar-refractivity contribution is 6.16. The standard InChI is InChI=1S/C24H17FN4O2/c25-18-12-10-16(11-13-18)23-28-29-24(31-23)27-22-20(30)14-17-8-4-5-9-19(17)21(26-22)15-6-2-1-3-7-15/h1-13,22H,14H2,(H,27,29). The summed E-state index contributed by atoms with van der Waals surface area (Å²) < 4.78 is 18.8. The lowest BCUT2D eigenvalue weighted by atomic mass is 9.96. The minimum atomic E-state index is -0.885. The molecule has 1 aliphatic heterocycles. The first-order valence-electron chi connectivity index (χ1n) is 9.77. The second-order valence-corrected chi connectivity index (χ2v) is 7.11. The molecule has 0 saturated carbocycles. The highest BCUT2D eigenvalue weighted by Crippen LogP contribution is 2.24. The molecule has 1 aliphatic rings. The minimum Gasteiger partial charge on any atom is -0.403 e. The van der Waals surface area contributed by atoms with E-state index in [1.807, 2.05) is 54.6 Å². The van der Waals surface area contributed by atoms with Gasteiger partial charge in [-0.3, -0.25) is 9.79 Å². The van der Waals surface area contributed by atoms with E-state index in [-0.39, 0.29) is 29.9 Å². The van der Waals surface area contributed by atoms with E-state index in [0.29, 0.717) is 5.56 Å². The first kappa shape index (κ1) is 18.9. The molecule has 2 heterocycles. The van der Waals surface area contributed by atoms with Crippen molar-refractivity contribution in [2.24, 2.45) is 4.99 Å². The van der Waals surface area contributed by atoms with E-state index < -0.39 is 6.17 Å². The van der Waals surface area contributed by atoms with Gasteiger partial charge >= 0.3 is 6.01 Å². The summed E-state index contributed by atoms with van der Waals surface area (Å²) in [5, 5.41) is 10.9. The van der Waals surface area contributed by atoms with Crippen molar-refractivity contribution < 1.29 is 13.6 Å². The lowest BCUT2D eigenvalue weighted by Crippen LogP contribution is -2.29. The quantitative estimate of drug-likeness (QED) is 0.541. The van der Waals surface area contributed by atoms with E-state index in [0.717, 1.165) is 22.4 Å². The molecule has 1 unspecified atom stereocenters. The zero-order valence-corrected chi connectivity index (χ0v) is 16.3. The minimum absolute atomic E-state index is 0.0693. The third kappa shape index (κ3) is 3.85. The highest BCUT2D eigenvalue weighted by Gasteiger charge is 2.27. The summed E-state index contributed by atoms with van der Waals surface area (Å²) in [4.78, 5) is 17.7. The monoisotopic (exact) mass is 412 g/mol. The van der Waals surface area contributed by atoms with Gasteiger partial charge in [0.1, 0.15) is 5.82 Å². The lowest BCUT2D eigenvalue weighted by molar-refractivity contribution is -0.119. The zero-order valence-electron chi connectivity index (χ0n) is 16.3. The van der Waals surface area contributed by atoms with Crippen molar-refractivity contribution in [1.82, 2.24) is 10.2 Å². The van der Waals surface area contributed by atoms with Crippen molar-refractivity contribution in [3.05, 3.63) is 101 Å². The van der Waals surface area contributed by atoms with Gasteiger partial charge in [0.2, 0.25) is 5.89 Å². The number of fused-ring (bicyclic) bond motifs is 1. The van der Waals surface area contributed by atoms with E-state index in [9.17, 15) is 9.18 Å². The Balaban J connectivity index is 1.49. The summed E-state index contributed by atoms with van der Waals surface area (Å²) in [6.45, 7) is 0. The number of hydrogen-bond donors (Lipinski definition) is 1. The molecule has 1 N–H and O–H groups in total. The van der Waals surface area contributed by atoms with E-state index in [2.05, 4.69) is 15.5 Å². The van der Waals surface area contributed by atoms with Gasteiger partial charge in [-0.15, -0.1) is 5.10 Å². The van der Waals surface area contributed by atoms with E-state index in [4.69, 9.17) is 9.41 Å². The van der Waals surface area contributed by atoms with Gasteiger partial charge in [-0.25, -0.2) is 4.39 Å². The Morgan fingerprint density at radius 3 is 2.42 bits per heavy atom. The maximum absolute atomic E-state index is 13.2. The lowest BCUT2D eigenvalue weighted by Gasteiger charge is -2.11. The van der Waals surface area contributed by atoms with Crippen LogP contribution in [0.1, 0.15) is 16.7 Å². The van der Waals surface area contributed by atoms with Crippen LogP contribution in [0.2, 0.25) is 0 Å². The molecule has 5 rings (SSSR count). The van der Waals surface area contributed by atoms with Gasteiger partial charge in [0, 0.05) is 23.1 Å². The van der Waals surface area contributed by atoms with E-state index >= 15 is 0 Å². The van der Waals surface area contributed by atoms with E-state index in [1.165, 1.54) is 12.1 Å². The number of anilines is 1. The maximum atomic E-state index is 13.2. The first-order valence-corrected chi connectivity index (χ1v) is 9.77. The van der Waals surface area contributed by atoms with Crippen LogP contribution in [-0.4, -0.2) is 27.9 Å². The van der Waals surface area contributed by atoms with Gasteiger partial charge in [0.05, 0.1) is 5.71 Å². The fourth-order valence-corrected chi connectivity index (χ4v) is 3.51. The Bertz CT molecular complexity index is 1270. The Hall–Kier alpha value is -4.13. The SMILES string of the molecule is O=C1Cc2ccccc2C(c2ccccc2)=NC1Nc1nnc(-c2ccc(F)cc2)o1. The molecule has 0 spiro atoms. The Morgan fingerprint density at radius 2 is 1.61 bits per heavy atom. The molecule has 0 aliphatic carbocycles. The number of hydrogen-bond acceptors (Lipinski definition) is 6. The molecule has 0 amide bonds. The molecule has 1 aromatic heterocycles. The number of carbonyl (C=O) groups excluding carboxylic acids is 1. The van der Waals surface area contributed by atoms with Crippen molar-refractivity contribution >= 4 is 17.5 Å². The molecule has 3 aromatic carbocycles. The van der Waals surface area contributed by atoms with Crippen LogP contribution < -0.4 is 5.32 Å². The number of ketones is 1. The fraction of sp³-hybridized carbons (Fsp3) is 0.0833. The third-order valence-corrected chi connectivity index (χ3v) is 5.02. The van der Waals surface area contributed by atoms with Gasteiger partial charge in [-0.1, -0.05) is 59.7 Å². The van der Waals surface area contributed by atoms with Crippen LogP contribution >= 0.6 is 0 Å². The Morgan fingerprint density at radius 1 is 0.871 bits per heavy atom. The van der Waals surface area contributed by atoms with Gasteiger partial charge in [0.25, 0.3) is 0 Å². The van der Waals surface area contributed by atoms with Crippen molar-refractivity contribution in [3.63, 3.8) is 0 Å². The van der Waals surface area contributed by atoms with Gasteiger partial charge in [0.15, 0.2) is 11.9 Å². The van der Waals surface area contributed by atoms with Crippen LogP contribution in [0.4, 0.5) is 10.4 Å². The molecule has 31 heavy (non-hydrogen) atoms. The molecule has 0 saturated heterocycles.